The summed E-state index contributed by atoms with van der Waals surface area (Å²) in [5.41, 5.74) is 4.68. The molecule has 0 aliphatic carbocycles. The second kappa shape index (κ2) is 6.35. The van der Waals surface area contributed by atoms with Crippen molar-refractivity contribution in [1.29, 1.82) is 0 Å². The van der Waals surface area contributed by atoms with Crippen LogP contribution in [0.2, 0.25) is 0 Å². The van der Waals surface area contributed by atoms with Gasteiger partial charge in [-0.05, 0) is 29.7 Å². The second-order valence-electron chi connectivity index (χ2n) is 7.59. The number of fused-ring (bicyclic) bond motifs is 1. The zero-order chi connectivity index (χ0) is 17.4. The highest BCUT2D eigenvalue weighted by Crippen LogP contribution is 2.32. The van der Waals surface area contributed by atoms with Gasteiger partial charge in [-0.3, -0.25) is 4.98 Å². The monoisotopic (exact) mass is 353 g/mol. The van der Waals surface area contributed by atoms with E-state index in [0.29, 0.717) is 6.54 Å². The molecule has 3 aromatic rings. The van der Waals surface area contributed by atoms with E-state index in [9.17, 15) is 0 Å². The van der Waals surface area contributed by atoms with Gasteiger partial charge >= 0.3 is 0 Å². The van der Waals surface area contributed by atoms with Gasteiger partial charge in [-0.2, -0.15) is 0 Å². The Morgan fingerprint density at radius 3 is 2.88 bits per heavy atom. The number of thiophene rings is 1. The molecule has 0 aromatic carbocycles. The lowest BCUT2D eigenvalue weighted by Crippen LogP contribution is -2.21. The molecule has 3 aromatic heterocycles. The van der Waals surface area contributed by atoms with Crippen LogP contribution in [0.1, 0.15) is 42.5 Å². The minimum Gasteiger partial charge on any atom is -0.312 e. The van der Waals surface area contributed by atoms with Crippen LogP contribution in [0.3, 0.4) is 0 Å². The highest BCUT2D eigenvalue weighted by molar-refractivity contribution is 7.15. The van der Waals surface area contributed by atoms with Crippen LogP contribution in [-0.4, -0.2) is 26.5 Å². The van der Waals surface area contributed by atoms with E-state index in [2.05, 4.69) is 59.6 Å². The Balaban J connectivity index is 1.50. The molecule has 4 rings (SSSR count). The summed E-state index contributed by atoms with van der Waals surface area (Å²) >= 11 is 1.84. The minimum atomic E-state index is 0.0755. The van der Waals surface area contributed by atoms with E-state index < -0.39 is 0 Å². The van der Waals surface area contributed by atoms with Crippen LogP contribution in [-0.2, 0) is 24.9 Å². The van der Waals surface area contributed by atoms with E-state index in [1.165, 1.54) is 15.3 Å². The van der Waals surface area contributed by atoms with E-state index >= 15 is 0 Å². The zero-order valence-corrected chi connectivity index (χ0v) is 15.7. The molecule has 5 nitrogen and oxygen atoms in total. The third-order valence-electron chi connectivity index (χ3n) is 4.47. The Labute approximate surface area is 152 Å². The fourth-order valence-electron chi connectivity index (χ4n) is 3.02. The van der Waals surface area contributed by atoms with Gasteiger partial charge in [0.1, 0.15) is 5.69 Å². The van der Waals surface area contributed by atoms with Gasteiger partial charge in [0.2, 0.25) is 0 Å². The quantitative estimate of drug-likeness (QED) is 0.784. The maximum absolute atomic E-state index is 4.59. The van der Waals surface area contributed by atoms with Crippen molar-refractivity contribution in [1.82, 2.24) is 25.3 Å². The van der Waals surface area contributed by atoms with Crippen LogP contribution in [0.25, 0.3) is 10.6 Å². The minimum absolute atomic E-state index is 0.0755. The molecule has 0 saturated carbocycles. The Bertz CT molecular complexity index is 847. The first-order valence-electron chi connectivity index (χ1n) is 8.67. The standard InChI is InChI=1S/C19H23N5S/c1-19(2,3)18-5-4-13(9-21-18)11-24-12-15(22-23-24)17-8-14-10-20-7-6-16(14)25-17/h4-5,8-9,12,20H,6-7,10-11H2,1-3H3. The van der Waals surface area contributed by atoms with E-state index in [1.807, 2.05) is 28.4 Å². The summed E-state index contributed by atoms with van der Waals surface area (Å²) in [6.45, 7) is 9.25. The molecular weight excluding hydrogens is 330 g/mol. The van der Waals surface area contributed by atoms with Gasteiger partial charge in [-0.25, -0.2) is 4.68 Å². The summed E-state index contributed by atoms with van der Waals surface area (Å²) in [6, 6.07) is 6.48. The summed E-state index contributed by atoms with van der Waals surface area (Å²) in [6.07, 6.45) is 5.08. The first-order chi connectivity index (χ1) is 12.0. The Morgan fingerprint density at radius 2 is 2.16 bits per heavy atom. The topological polar surface area (TPSA) is 55.6 Å². The third kappa shape index (κ3) is 3.50. The first-order valence-corrected chi connectivity index (χ1v) is 9.49. The van der Waals surface area contributed by atoms with Gasteiger partial charge in [0.15, 0.2) is 0 Å². The lowest BCUT2D eigenvalue weighted by atomic mass is 9.91. The first kappa shape index (κ1) is 16.4. The molecule has 0 amide bonds. The van der Waals surface area contributed by atoms with Crippen LogP contribution >= 0.6 is 11.3 Å². The van der Waals surface area contributed by atoms with E-state index in [1.54, 1.807) is 0 Å². The molecule has 1 aliphatic heterocycles. The lowest BCUT2D eigenvalue weighted by Gasteiger charge is -2.17. The van der Waals surface area contributed by atoms with Crippen molar-refractivity contribution in [2.75, 3.05) is 6.54 Å². The van der Waals surface area contributed by atoms with Gasteiger partial charge in [0, 0.05) is 35.3 Å². The van der Waals surface area contributed by atoms with Crippen LogP contribution in [0.15, 0.2) is 30.6 Å². The summed E-state index contributed by atoms with van der Waals surface area (Å²) in [5.74, 6) is 0. The van der Waals surface area contributed by atoms with E-state index in [-0.39, 0.29) is 5.41 Å². The summed E-state index contributed by atoms with van der Waals surface area (Å²) in [7, 11) is 0. The molecule has 4 heterocycles. The zero-order valence-electron chi connectivity index (χ0n) is 14.9. The highest BCUT2D eigenvalue weighted by atomic mass is 32.1. The number of hydrogen-bond donors (Lipinski definition) is 1. The number of rotatable bonds is 3. The van der Waals surface area contributed by atoms with Gasteiger partial charge in [0.05, 0.1) is 17.6 Å². The maximum Gasteiger partial charge on any atom is 0.123 e. The number of nitrogens with zero attached hydrogens (tertiary/aromatic N) is 4. The van der Waals surface area contributed by atoms with Crippen molar-refractivity contribution in [3.8, 4) is 10.6 Å². The number of aromatic nitrogens is 4. The predicted octanol–water partition coefficient (Wildman–Crippen LogP) is 3.39. The normalized spacial score (nSPS) is 14.5. The summed E-state index contributed by atoms with van der Waals surface area (Å²) in [5, 5.41) is 12.1. The average molecular weight is 353 g/mol. The SMILES string of the molecule is CC(C)(C)c1ccc(Cn2cc(-c3cc4c(s3)CCNC4)nn2)cn1. The van der Waals surface area contributed by atoms with Gasteiger partial charge in [-0.1, -0.05) is 32.1 Å². The van der Waals surface area contributed by atoms with Crippen molar-refractivity contribution < 1.29 is 0 Å². The fourth-order valence-corrected chi connectivity index (χ4v) is 4.15. The van der Waals surface area contributed by atoms with Crippen molar-refractivity contribution in [2.24, 2.45) is 0 Å². The van der Waals surface area contributed by atoms with E-state index in [4.69, 9.17) is 0 Å². The van der Waals surface area contributed by atoms with Crippen molar-refractivity contribution in [3.63, 3.8) is 0 Å². The molecule has 130 valence electrons. The molecule has 25 heavy (non-hydrogen) atoms. The molecule has 0 spiro atoms. The lowest BCUT2D eigenvalue weighted by molar-refractivity contribution is 0.567. The van der Waals surface area contributed by atoms with Crippen molar-refractivity contribution >= 4 is 11.3 Å². The molecular formula is C19H23N5S. The molecule has 0 fully saturated rings. The molecule has 0 saturated heterocycles. The molecule has 0 bridgehead atoms. The smallest absolute Gasteiger partial charge is 0.123 e. The third-order valence-corrected chi connectivity index (χ3v) is 5.73. The van der Waals surface area contributed by atoms with Gasteiger partial charge in [0.25, 0.3) is 0 Å². The Hall–Kier alpha value is -2.05. The fraction of sp³-hybridized carbons (Fsp3) is 0.421. The average Bonchev–Trinajstić information content (AvgIpc) is 3.20. The molecule has 0 radical (unpaired) electrons. The highest BCUT2D eigenvalue weighted by Gasteiger charge is 2.16. The predicted molar refractivity (Wildman–Crippen MR) is 101 cm³/mol. The van der Waals surface area contributed by atoms with Gasteiger partial charge < -0.3 is 5.32 Å². The van der Waals surface area contributed by atoms with Crippen LogP contribution in [0.5, 0.6) is 0 Å². The summed E-state index contributed by atoms with van der Waals surface area (Å²) < 4.78 is 1.89. The molecule has 6 heteroatoms. The van der Waals surface area contributed by atoms with E-state index in [0.717, 1.165) is 36.5 Å². The molecule has 1 N–H and O–H groups in total. The van der Waals surface area contributed by atoms with Crippen LogP contribution < -0.4 is 5.32 Å². The van der Waals surface area contributed by atoms with Crippen LogP contribution in [0, 0.1) is 0 Å². The second-order valence-corrected chi connectivity index (χ2v) is 8.73. The van der Waals surface area contributed by atoms with Crippen molar-refractivity contribution in [3.05, 3.63) is 52.3 Å². The molecule has 0 unspecified atom stereocenters. The number of pyridine rings is 1. The summed E-state index contributed by atoms with van der Waals surface area (Å²) in [4.78, 5) is 7.28. The van der Waals surface area contributed by atoms with Crippen LogP contribution in [0.4, 0.5) is 0 Å². The molecule has 0 atom stereocenters. The number of nitrogens with one attached hydrogen (secondary N) is 1. The number of hydrogen-bond acceptors (Lipinski definition) is 5. The van der Waals surface area contributed by atoms with Gasteiger partial charge in [-0.15, -0.1) is 16.4 Å². The largest absolute Gasteiger partial charge is 0.312 e. The Morgan fingerprint density at radius 1 is 1.28 bits per heavy atom. The maximum atomic E-state index is 4.59. The Kier molecular flexibility index (Phi) is 4.17. The molecule has 1 aliphatic rings. The van der Waals surface area contributed by atoms with Crippen molar-refractivity contribution in [2.45, 2.75) is 45.7 Å².